The molecule has 1 heterocycles. The van der Waals surface area contributed by atoms with E-state index >= 15 is 0 Å². The third-order valence-electron chi connectivity index (χ3n) is 4.28. The number of amides is 2. The Bertz CT molecular complexity index is 1060. The molecule has 0 aliphatic rings. The Morgan fingerprint density at radius 3 is 2.46 bits per heavy atom. The summed E-state index contributed by atoms with van der Waals surface area (Å²) in [5.41, 5.74) is 2.22. The van der Waals surface area contributed by atoms with Gasteiger partial charge >= 0.3 is 0 Å². The molecule has 1 aromatic heterocycles. The van der Waals surface area contributed by atoms with Crippen LogP contribution in [0.5, 0.6) is 0 Å². The van der Waals surface area contributed by atoms with Crippen LogP contribution in [0.25, 0.3) is 0 Å². The van der Waals surface area contributed by atoms with Crippen molar-refractivity contribution < 1.29 is 9.59 Å². The Balaban J connectivity index is 1.66. The van der Waals surface area contributed by atoms with E-state index in [0.29, 0.717) is 21.8 Å². The lowest BCUT2D eigenvalue weighted by Gasteiger charge is -2.07. The zero-order chi connectivity index (χ0) is 20.1. The van der Waals surface area contributed by atoms with E-state index in [1.165, 1.54) is 4.68 Å². The number of anilines is 1. The smallest absolute Gasteiger partial charge is 0.251 e. The lowest BCUT2D eigenvalue weighted by Crippen LogP contribution is -2.25. The number of nitrogens with one attached hydrogen (secondary N) is 2. The predicted molar refractivity (Wildman–Crippen MR) is 109 cm³/mol. The maximum atomic E-state index is 12.4. The van der Waals surface area contributed by atoms with Crippen molar-refractivity contribution in [3.8, 4) is 0 Å². The lowest BCUT2D eigenvalue weighted by atomic mass is 10.1. The minimum Gasteiger partial charge on any atom is -0.345 e. The molecule has 144 valence electrons. The van der Waals surface area contributed by atoms with Gasteiger partial charge in [0.2, 0.25) is 5.91 Å². The van der Waals surface area contributed by atoms with Crippen LogP contribution in [-0.2, 0) is 24.9 Å². The summed E-state index contributed by atoms with van der Waals surface area (Å²) in [5.74, 6) is 0.163. The second-order valence-electron chi connectivity index (χ2n) is 6.33. The number of nitrogens with zero attached hydrogens (tertiary/aromatic N) is 3. The topological polar surface area (TPSA) is 80.9 Å². The van der Waals surface area contributed by atoms with Gasteiger partial charge in [-0.25, -0.2) is 4.68 Å². The number of rotatable bonds is 6. The van der Waals surface area contributed by atoms with E-state index in [1.54, 1.807) is 17.7 Å². The molecule has 3 rings (SSSR count). The van der Waals surface area contributed by atoms with Crippen LogP contribution in [0.3, 0.4) is 0 Å². The van der Waals surface area contributed by atoms with E-state index in [0.717, 1.165) is 5.56 Å². The third kappa shape index (κ3) is 4.52. The number of hydrogen-bond acceptors (Lipinski definition) is 4. The van der Waals surface area contributed by atoms with Crippen LogP contribution in [0.15, 0.2) is 54.6 Å². The molecule has 2 amide bonds. The molecule has 0 radical (unpaired) electrons. The molecule has 0 bridgehead atoms. The summed E-state index contributed by atoms with van der Waals surface area (Å²) in [4.78, 5) is 24.6. The van der Waals surface area contributed by atoms with Gasteiger partial charge in [0.15, 0.2) is 10.6 Å². The van der Waals surface area contributed by atoms with Gasteiger partial charge in [0.05, 0.1) is 6.54 Å². The summed E-state index contributed by atoms with van der Waals surface area (Å²) in [6, 6.07) is 16.5. The maximum absolute atomic E-state index is 12.4. The highest BCUT2D eigenvalue weighted by atomic mass is 32.1. The molecular weight excluding hydrogens is 374 g/mol. The summed E-state index contributed by atoms with van der Waals surface area (Å²) in [5, 5.41) is 10.0. The van der Waals surface area contributed by atoms with Gasteiger partial charge in [-0.2, -0.15) is 5.10 Å². The van der Waals surface area contributed by atoms with Crippen LogP contribution >= 0.6 is 12.2 Å². The first kappa shape index (κ1) is 19.5. The molecule has 0 saturated carbocycles. The van der Waals surface area contributed by atoms with Crippen molar-refractivity contribution in [3.05, 3.63) is 76.3 Å². The Hall–Kier alpha value is -3.26. The first-order valence-electron chi connectivity index (χ1n) is 8.77. The molecule has 7 nitrogen and oxygen atoms in total. The highest BCUT2D eigenvalue weighted by Crippen LogP contribution is 2.08. The van der Waals surface area contributed by atoms with Crippen molar-refractivity contribution in [1.29, 1.82) is 0 Å². The van der Waals surface area contributed by atoms with Crippen molar-refractivity contribution >= 4 is 29.7 Å². The van der Waals surface area contributed by atoms with Crippen LogP contribution in [0.1, 0.15) is 21.7 Å². The monoisotopic (exact) mass is 395 g/mol. The SMILES string of the molecule is Cc1ccccc1C(=O)NCc1nn(CC(=O)Nc2ccccc2)c(=S)n1C. The summed E-state index contributed by atoms with van der Waals surface area (Å²) in [6.07, 6.45) is 0. The first-order valence-corrected chi connectivity index (χ1v) is 9.18. The molecule has 3 aromatic rings. The normalized spacial score (nSPS) is 10.5. The fourth-order valence-corrected chi connectivity index (χ4v) is 2.94. The molecule has 2 N–H and O–H groups in total. The molecule has 0 aliphatic heterocycles. The van der Waals surface area contributed by atoms with Crippen LogP contribution < -0.4 is 10.6 Å². The summed E-state index contributed by atoms with van der Waals surface area (Å²) in [7, 11) is 1.76. The number of aromatic nitrogens is 3. The van der Waals surface area contributed by atoms with Crippen LogP contribution in [0.4, 0.5) is 5.69 Å². The summed E-state index contributed by atoms with van der Waals surface area (Å²) in [6.45, 7) is 2.09. The molecule has 28 heavy (non-hydrogen) atoms. The maximum Gasteiger partial charge on any atom is 0.251 e. The lowest BCUT2D eigenvalue weighted by molar-refractivity contribution is -0.116. The fourth-order valence-electron chi connectivity index (χ4n) is 2.73. The Kier molecular flexibility index (Phi) is 6.00. The number of hydrogen-bond donors (Lipinski definition) is 2. The minimum atomic E-state index is -0.226. The largest absolute Gasteiger partial charge is 0.345 e. The number of carbonyl (C=O) groups is 2. The van der Waals surface area contributed by atoms with Crippen LogP contribution in [-0.4, -0.2) is 26.2 Å². The molecule has 8 heteroatoms. The van der Waals surface area contributed by atoms with Crippen molar-refractivity contribution in [2.24, 2.45) is 7.05 Å². The van der Waals surface area contributed by atoms with Gasteiger partial charge in [-0.05, 0) is 42.9 Å². The van der Waals surface area contributed by atoms with E-state index in [2.05, 4.69) is 15.7 Å². The van der Waals surface area contributed by atoms with E-state index in [-0.39, 0.29) is 24.9 Å². The summed E-state index contributed by atoms with van der Waals surface area (Å²) < 4.78 is 3.54. The number of para-hydroxylation sites is 1. The molecular formula is C20H21N5O2S. The highest BCUT2D eigenvalue weighted by Gasteiger charge is 2.13. The zero-order valence-corrected chi connectivity index (χ0v) is 16.5. The van der Waals surface area contributed by atoms with Crippen LogP contribution in [0.2, 0.25) is 0 Å². The van der Waals surface area contributed by atoms with Crippen molar-refractivity contribution in [2.45, 2.75) is 20.0 Å². The van der Waals surface area contributed by atoms with Gasteiger partial charge in [-0.1, -0.05) is 36.4 Å². The molecule has 0 unspecified atom stereocenters. The average molecular weight is 395 g/mol. The molecule has 0 aliphatic carbocycles. The quantitative estimate of drug-likeness (QED) is 0.629. The fraction of sp³-hybridized carbons (Fsp3) is 0.200. The van der Waals surface area contributed by atoms with Crippen LogP contribution in [0, 0.1) is 11.7 Å². The van der Waals surface area contributed by atoms with Crippen molar-refractivity contribution in [1.82, 2.24) is 19.7 Å². The molecule has 0 saturated heterocycles. The van der Waals surface area contributed by atoms with E-state index in [4.69, 9.17) is 12.2 Å². The van der Waals surface area contributed by atoms with Gasteiger partial charge in [0.1, 0.15) is 6.54 Å². The third-order valence-corrected chi connectivity index (χ3v) is 4.76. The molecule has 0 atom stereocenters. The van der Waals surface area contributed by atoms with Gasteiger partial charge in [0.25, 0.3) is 5.91 Å². The Morgan fingerprint density at radius 1 is 1.07 bits per heavy atom. The molecule has 0 fully saturated rings. The molecule has 2 aromatic carbocycles. The first-order chi connectivity index (χ1) is 13.5. The standard InChI is InChI=1S/C20H21N5O2S/c1-14-8-6-7-11-16(14)19(27)21-12-17-23-25(20(28)24(17)2)13-18(26)22-15-9-4-3-5-10-15/h3-11H,12-13H2,1-2H3,(H,21,27)(H,22,26). The second-order valence-corrected chi connectivity index (χ2v) is 6.69. The van der Waals surface area contributed by atoms with Crippen molar-refractivity contribution in [3.63, 3.8) is 0 Å². The zero-order valence-electron chi connectivity index (χ0n) is 15.7. The van der Waals surface area contributed by atoms with Gasteiger partial charge in [-0.3, -0.25) is 9.59 Å². The van der Waals surface area contributed by atoms with Gasteiger partial charge in [0, 0.05) is 18.3 Å². The predicted octanol–water partition coefficient (Wildman–Crippen LogP) is 2.83. The van der Waals surface area contributed by atoms with E-state index in [9.17, 15) is 9.59 Å². The Morgan fingerprint density at radius 2 is 1.75 bits per heavy atom. The number of aryl methyl sites for hydroxylation is 1. The number of carbonyl (C=O) groups excluding carboxylic acids is 2. The average Bonchev–Trinajstić information content (AvgIpc) is 2.95. The van der Waals surface area contributed by atoms with Gasteiger partial charge < -0.3 is 15.2 Å². The summed E-state index contributed by atoms with van der Waals surface area (Å²) >= 11 is 5.36. The van der Waals surface area contributed by atoms with E-state index in [1.807, 2.05) is 55.5 Å². The van der Waals surface area contributed by atoms with Gasteiger partial charge in [-0.15, -0.1) is 0 Å². The number of benzene rings is 2. The molecule has 0 spiro atoms. The highest BCUT2D eigenvalue weighted by molar-refractivity contribution is 7.71. The Labute approximate surface area is 168 Å². The second kappa shape index (κ2) is 8.62. The van der Waals surface area contributed by atoms with E-state index < -0.39 is 0 Å². The minimum absolute atomic E-state index is 0.00664. The van der Waals surface area contributed by atoms with Crippen molar-refractivity contribution in [2.75, 3.05) is 5.32 Å².